The van der Waals surface area contributed by atoms with Gasteiger partial charge in [-0.15, -0.1) is 0 Å². The summed E-state index contributed by atoms with van der Waals surface area (Å²) in [6, 6.07) is 24.0. The van der Waals surface area contributed by atoms with Crippen molar-refractivity contribution in [2.75, 3.05) is 0 Å². The first kappa shape index (κ1) is 32.4. The second kappa shape index (κ2) is 42.7. The summed E-state index contributed by atoms with van der Waals surface area (Å²) in [5, 5.41) is 0. The number of hydrogen-bond acceptors (Lipinski definition) is 0. The maximum absolute atomic E-state index is 2.18. The normalized spacial score (nSPS) is 6.27. The topological polar surface area (TPSA) is 0 Å². The summed E-state index contributed by atoms with van der Waals surface area (Å²) in [6.45, 7) is 12.4. The molecule has 0 N–H and O–H groups in total. The first-order valence-electron chi connectivity index (χ1n) is 7.91. The number of unbranched alkanes of at least 4 members (excludes halogenated alkanes) is 1. The van der Waals surface area contributed by atoms with Gasteiger partial charge in [0, 0.05) is 0 Å². The lowest BCUT2D eigenvalue weighted by molar-refractivity contribution is 0.886. The first-order valence-corrected chi connectivity index (χ1v) is 7.91. The average Bonchev–Trinajstić information content (AvgIpc) is 2.62. The molecule has 2 aromatic carbocycles. The van der Waals surface area contributed by atoms with E-state index < -0.39 is 0 Å². The van der Waals surface area contributed by atoms with Crippen LogP contribution >= 0.6 is 0 Å². The zero-order chi connectivity index (χ0) is 15.9. The van der Waals surface area contributed by atoms with Gasteiger partial charge in [-0.25, -0.2) is 0 Å². The molecule has 0 aliphatic heterocycles. The molecule has 0 nitrogen and oxygen atoms in total. The van der Waals surface area contributed by atoms with Crippen LogP contribution in [-0.4, -0.2) is 0 Å². The standard InChI is InChI=1S/2C6H6.C4H10.2C2H6.2CH4/c2*1-2-4-6-5-3-1;1-3-4-2;2*1-2;;/h2*1-6H;3-4H2,1-2H3;2*1-2H3;2*1H4. The van der Waals surface area contributed by atoms with Crippen LogP contribution in [0.15, 0.2) is 72.8 Å². The molecule has 0 unspecified atom stereocenters. The van der Waals surface area contributed by atoms with Crippen molar-refractivity contribution in [1.29, 1.82) is 0 Å². The van der Waals surface area contributed by atoms with E-state index in [1.54, 1.807) is 0 Å². The van der Waals surface area contributed by atoms with Crippen molar-refractivity contribution >= 4 is 0 Å². The Morgan fingerprint density at radius 3 is 0.500 bits per heavy atom. The van der Waals surface area contributed by atoms with Crippen LogP contribution in [0.1, 0.15) is 69.2 Å². The smallest absolute Gasteiger partial charge is 0.0564 e. The SMILES string of the molecule is C.C.CC.CC.CCCC.c1ccccc1.c1ccccc1. The van der Waals surface area contributed by atoms with Gasteiger partial charge in [-0.1, -0.05) is 142 Å². The fourth-order valence-electron chi connectivity index (χ4n) is 0.770. The Hall–Kier alpha value is -1.56. The Morgan fingerprint density at radius 2 is 0.455 bits per heavy atom. The van der Waals surface area contributed by atoms with Crippen LogP contribution in [0, 0.1) is 0 Å². The molecule has 0 radical (unpaired) electrons. The van der Waals surface area contributed by atoms with E-state index in [4.69, 9.17) is 0 Å². The van der Waals surface area contributed by atoms with Gasteiger partial charge in [0.15, 0.2) is 0 Å². The van der Waals surface area contributed by atoms with E-state index in [-0.39, 0.29) is 14.9 Å². The number of benzene rings is 2. The van der Waals surface area contributed by atoms with Crippen LogP contribution in [0.4, 0.5) is 0 Å². The summed E-state index contributed by atoms with van der Waals surface area (Å²) in [7, 11) is 0. The zero-order valence-electron chi connectivity index (χ0n) is 14.3. The van der Waals surface area contributed by atoms with Crippen molar-refractivity contribution in [3.8, 4) is 0 Å². The Bertz CT molecular complexity index is 199. The van der Waals surface area contributed by atoms with Crippen molar-refractivity contribution in [3.63, 3.8) is 0 Å². The lowest BCUT2D eigenvalue weighted by Gasteiger charge is -1.69. The summed E-state index contributed by atoms with van der Waals surface area (Å²) in [4.78, 5) is 0. The number of hydrogen-bond donors (Lipinski definition) is 0. The lowest BCUT2D eigenvalue weighted by Crippen LogP contribution is -1.47. The molecule has 0 bridgehead atoms. The molecule has 0 heterocycles. The third-order valence-electron chi connectivity index (χ3n) is 1.83. The Kier molecular flexibility index (Phi) is 62.9. The molecule has 22 heavy (non-hydrogen) atoms. The van der Waals surface area contributed by atoms with E-state index in [0.29, 0.717) is 0 Å². The Morgan fingerprint density at radius 1 is 0.364 bits per heavy atom. The molecule has 0 amide bonds. The van der Waals surface area contributed by atoms with Gasteiger partial charge < -0.3 is 0 Å². The quantitative estimate of drug-likeness (QED) is 0.495. The maximum atomic E-state index is 2.18. The molecule has 2 aromatic rings. The van der Waals surface area contributed by atoms with Gasteiger partial charge in [-0.05, 0) is 0 Å². The lowest BCUT2D eigenvalue weighted by atomic mass is 10.4. The Balaban J connectivity index is -0.0000000576. The van der Waals surface area contributed by atoms with E-state index >= 15 is 0 Å². The van der Waals surface area contributed by atoms with Crippen molar-refractivity contribution in [2.24, 2.45) is 0 Å². The van der Waals surface area contributed by atoms with Crippen LogP contribution < -0.4 is 0 Å². The van der Waals surface area contributed by atoms with Gasteiger partial charge in [0.2, 0.25) is 0 Å². The molecule has 2 rings (SSSR count). The van der Waals surface area contributed by atoms with E-state index in [9.17, 15) is 0 Å². The fourth-order valence-corrected chi connectivity index (χ4v) is 0.770. The molecule has 0 aliphatic carbocycles. The van der Waals surface area contributed by atoms with Gasteiger partial charge in [0.1, 0.15) is 0 Å². The molecule has 0 fully saturated rings. The highest BCUT2D eigenvalue weighted by Crippen LogP contribution is 1.80. The average molecular weight is 307 g/mol. The molecule has 130 valence electrons. The summed E-state index contributed by atoms with van der Waals surface area (Å²) < 4.78 is 0. The molecular weight excluding hydrogens is 264 g/mol. The third kappa shape index (κ3) is 42.9. The second-order valence-corrected chi connectivity index (χ2v) is 3.31. The van der Waals surface area contributed by atoms with Crippen LogP contribution in [0.25, 0.3) is 0 Å². The fraction of sp³-hybridized carbons (Fsp3) is 0.455. The summed E-state index contributed by atoms with van der Waals surface area (Å²) in [5.41, 5.74) is 0. The summed E-state index contributed by atoms with van der Waals surface area (Å²) >= 11 is 0. The van der Waals surface area contributed by atoms with Crippen molar-refractivity contribution < 1.29 is 0 Å². The van der Waals surface area contributed by atoms with Crippen LogP contribution in [0.3, 0.4) is 0 Å². The molecule has 0 aliphatic rings. The zero-order valence-corrected chi connectivity index (χ0v) is 14.3. The molecule has 0 atom stereocenters. The van der Waals surface area contributed by atoms with E-state index in [2.05, 4.69) is 13.8 Å². The van der Waals surface area contributed by atoms with E-state index in [1.807, 2.05) is 100 Å². The first-order chi connectivity index (χ1) is 9.91. The van der Waals surface area contributed by atoms with Crippen molar-refractivity contribution in [3.05, 3.63) is 72.8 Å². The highest BCUT2D eigenvalue weighted by atomic mass is 13.7. The predicted molar refractivity (Wildman–Crippen MR) is 110 cm³/mol. The maximum Gasteiger partial charge on any atom is -0.0564 e. The molecule has 0 heteroatoms. The van der Waals surface area contributed by atoms with Crippen molar-refractivity contribution in [1.82, 2.24) is 0 Å². The van der Waals surface area contributed by atoms with Gasteiger partial charge in [-0.2, -0.15) is 0 Å². The molecule has 0 spiro atoms. The minimum Gasteiger partial charge on any atom is -0.0776 e. The Labute approximate surface area is 142 Å². The minimum absolute atomic E-state index is 0. The largest absolute Gasteiger partial charge is 0.0776 e. The minimum atomic E-state index is 0. The summed E-state index contributed by atoms with van der Waals surface area (Å²) in [5.74, 6) is 0. The summed E-state index contributed by atoms with van der Waals surface area (Å²) in [6.07, 6.45) is 2.64. The highest BCUT2D eigenvalue weighted by molar-refractivity contribution is 4.99. The van der Waals surface area contributed by atoms with E-state index in [0.717, 1.165) is 0 Å². The molecule has 0 aromatic heterocycles. The van der Waals surface area contributed by atoms with Gasteiger partial charge in [0.25, 0.3) is 0 Å². The highest BCUT2D eigenvalue weighted by Gasteiger charge is 1.58. The van der Waals surface area contributed by atoms with Gasteiger partial charge in [0.05, 0.1) is 0 Å². The number of rotatable bonds is 1. The van der Waals surface area contributed by atoms with Crippen LogP contribution in [0.2, 0.25) is 0 Å². The van der Waals surface area contributed by atoms with Gasteiger partial charge in [-0.3, -0.25) is 0 Å². The van der Waals surface area contributed by atoms with E-state index in [1.165, 1.54) is 12.8 Å². The molecule has 0 saturated carbocycles. The molecular formula is C22H42. The van der Waals surface area contributed by atoms with Crippen LogP contribution in [0.5, 0.6) is 0 Å². The van der Waals surface area contributed by atoms with Crippen LogP contribution in [-0.2, 0) is 0 Å². The third-order valence-corrected chi connectivity index (χ3v) is 1.83. The van der Waals surface area contributed by atoms with Crippen molar-refractivity contribution in [2.45, 2.75) is 69.2 Å². The molecule has 0 saturated heterocycles. The monoisotopic (exact) mass is 306 g/mol. The predicted octanol–water partition coefficient (Wildman–Crippen LogP) is 8.50. The second-order valence-electron chi connectivity index (χ2n) is 3.31. The van der Waals surface area contributed by atoms with Gasteiger partial charge >= 0.3 is 0 Å².